The molecule has 25 heavy (non-hydrogen) atoms. The molecule has 3 rings (SSSR count). The van der Waals surface area contributed by atoms with E-state index in [1.165, 1.54) is 5.56 Å². The third-order valence-corrected chi connectivity index (χ3v) is 4.88. The van der Waals surface area contributed by atoms with Crippen molar-refractivity contribution in [3.8, 4) is 0 Å². The number of anilines is 1. The zero-order chi connectivity index (χ0) is 17.6. The number of hydrogen-bond donors (Lipinski definition) is 1. The van der Waals surface area contributed by atoms with Crippen molar-refractivity contribution in [3.63, 3.8) is 0 Å². The van der Waals surface area contributed by atoms with Crippen molar-refractivity contribution < 1.29 is 4.79 Å². The number of carbonyl (C=O) groups excluding carboxylic acids is 1. The van der Waals surface area contributed by atoms with Crippen molar-refractivity contribution in [2.24, 2.45) is 5.92 Å². The summed E-state index contributed by atoms with van der Waals surface area (Å²) in [7, 11) is 0. The molecule has 2 aromatic rings. The Bertz CT molecular complexity index is 696. The zero-order valence-corrected chi connectivity index (χ0v) is 15.0. The van der Waals surface area contributed by atoms with E-state index in [1.807, 2.05) is 31.2 Å². The van der Waals surface area contributed by atoms with Crippen LogP contribution in [0, 0.1) is 12.8 Å². The van der Waals surface area contributed by atoms with Crippen LogP contribution in [0.3, 0.4) is 0 Å². The SMILES string of the molecule is Cc1ccnc(N2CCC(C(=O)NC[C@H](C)c3ccccc3)CC2)n1. The van der Waals surface area contributed by atoms with E-state index in [-0.39, 0.29) is 11.8 Å². The van der Waals surface area contributed by atoms with E-state index in [9.17, 15) is 4.79 Å². The van der Waals surface area contributed by atoms with Gasteiger partial charge in [0.2, 0.25) is 11.9 Å². The predicted molar refractivity (Wildman–Crippen MR) is 99.6 cm³/mol. The smallest absolute Gasteiger partial charge is 0.225 e. The third-order valence-electron chi connectivity index (χ3n) is 4.88. The number of rotatable bonds is 5. The van der Waals surface area contributed by atoms with Gasteiger partial charge in [-0.25, -0.2) is 9.97 Å². The summed E-state index contributed by atoms with van der Waals surface area (Å²) < 4.78 is 0. The lowest BCUT2D eigenvalue weighted by Gasteiger charge is -2.31. The van der Waals surface area contributed by atoms with Crippen molar-refractivity contribution in [2.75, 3.05) is 24.5 Å². The molecule has 1 aliphatic heterocycles. The Kier molecular flexibility index (Phi) is 5.64. The van der Waals surface area contributed by atoms with Crippen LogP contribution >= 0.6 is 0 Å². The Hall–Kier alpha value is -2.43. The average Bonchev–Trinajstić information content (AvgIpc) is 2.66. The Morgan fingerprint density at radius 1 is 1.24 bits per heavy atom. The molecule has 0 unspecified atom stereocenters. The lowest BCUT2D eigenvalue weighted by molar-refractivity contribution is -0.125. The molecule has 0 saturated carbocycles. The van der Waals surface area contributed by atoms with E-state index >= 15 is 0 Å². The van der Waals surface area contributed by atoms with Gasteiger partial charge in [-0.2, -0.15) is 0 Å². The second-order valence-electron chi connectivity index (χ2n) is 6.82. The molecule has 0 spiro atoms. The van der Waals surface area contributed by atoms with E-state index in [2.05, 4.69) is 39.2 Å². The highest BCUT2D eigenvalue weighted by Gasteiger charge is 2.26. The molecule has 1 atom stereocenters. The van der Waals surface area contributed by atoms with Crippen LogP contribution in [0.15, 0.2) is 42.6 Å². The maximum absolute atomic E-state index is 12.5. The number of amides is 1. The summed E-state index contributed by atoms with van der Waals surface area (Å²) in [4.78, 5) is 23.5. The first-order valence-electron chi connectivity index (χ1n) is 9.00. The van der Waals surface area contributed by atoms with Crippen LogP contribution in [0.1, 0.15) is 36.9 Å². The molecule has 1 N–H and O–H groups in total. The summed E-state index contributed by atoms with van der Waals surface area (Å²) in [5, 5.41) is 3.13. The van der Waals surface area contributed by atoms with Crippen LogP contribution < -0.4 is 10.2 Å². The fourth-order valence-corrected chi connectivity index (χ4v) is 3.23. The van der Waals surface area contributed by atoms with E-state index < -0.39 is 0 Å². The van der Waals surface area contributed by atoms with Crippen molar-refractivity contribution in [3.05, 3.63) is 53.9 Å². The molecule has 1 aromatic carbocycles. The first-order valence-corrected chi connectivity index (χ1v) is 9.00. The zero-order valence-electron chi connectivity index (χ0n) is 15.0. The monoisotopic (exact) mass is 338 g/mol. The number of nitrogens with one attached hydrogen (secondary N) is 1. The molecule has 132 valence electrons. The molecule has 1 saturated heterocycles. The molecular weight excluding hydrogens is 312 g/mol. The molecule has 1 fully saturated rings. The standard InChI is InChI=1S/C20H26N4O/c1-15(17-6-4-3-5-7-17)14-22-19(25)18-9-12-24(13-10-18)20-21-11-8-16(2)23-20/h3-8,11,15,18H,9-10,12-14H2,1-2H3,(H,22,25)/t15-/m0/s1. The topological polar surface area (TPSA) is 58.1 Å². The highest BCUT2D eigenvalue weighted by molar-refractivity contribution is 5.79. The molecule has 0 radical (unpaired) electrons. The molecular formula is C20H26N4O. The Labute approximate surface area is 149 Å². The van der Waals surface area contributed by atoms with Gasteiger partial charge in [0, 0.05) is 37.4 Å². The van der Waals surface area contributed by atoms with Crippen molar-refractivity contribution in [2.45, 2.75) is 32.6 Å². The van der Waals surface area contributed by atoms with E-state index in [0.29, 0.717) is 12.5 Å². The van der Waals surface area contributed by atoms with Crippen LogP contribution in [-0.2, 0) is 4.79 Å². The molecule has 1 aromatic heterocycles. The van der Waals surface area contributed by atoms with Crippen LogP contribution in [0.25, 0.3) is 0 Å². The number of nitrogens with zero attached hydrogens (tertiary/aromatic N) is 3. The Morgan fingerprint density at radius 3 is 2.64 bits per heavy atom. The van der Waals surface area contributed by atoms with Gasteiger partial charge in [-0.15, -0.1) is 0 Å². The summed E-state index contributed by atoms with van der Waals surface area (Å²) in [6.07, 6.45) is 3.49. The minimum atomic E-state index is 0.0871. The fraction of sp³-hybridized carbons (Fsp3) is 0.450. The summed E-state index contributed by atoms with van der Waals surface area (Å²) in [5.74, 6) is 1.36. The van der Waals surface area contributed by atoms with Gasteiger partial charge in [0.25, 0.3) is 0 Å². The van der Waals surface area contributed by atoms with Crippen molar-refractivity contribution >= 4 is 11.9 Å². The number of aromatic nitrogens is 2. The first-order chi connectivity index (χ1) is 12.1. The molecule has 1 amide bonds. The molecule has 1 aliphatic rings. The van der Waals surface area contributed by atoms with Gasteiger partial charge in [-0.05, 0) is 37.3 Å². The average molecular weight is 338 g/mol. The second kappa shape index (κ2) is 8.10. The molecule has 0 bridgehead atoms. The van der Waals surface area contributed by atoms with Gasteiger partial charge in [0.15, 0.2) is 0 Å². The molecule has 2 heterocycles. The largest absolute Gasteiger partial charge is 0.355 e. The van der Waals surface area contributed by atoms with Gasteiger partial charge in [0.1, 0.15) is 0 Å². The number of benzene rings is 1. The van der Waals surface area contributed by atoms with E-state index in [4.69, 9.17) is 0 Å². The van der Waals surface area contributed by atoms with Crippen LogP contribution in [0.4, 0.5) is 5.95 Å². The maximum atomic E-state index is 12.5. The lowest BCUT2D eigenvalue weighted by atomic mass is 9.95. The quantitative estimate of drug-likeness (QED) is 0.911. The number of piperidine rings is 1. The first kappa shape index (κ1) is 17.4. The van der Waals surface area contributed by atoms with Crippen LogP contribution in [0.2, 0.25) is 0 Å². The summed E-state index contributed by atoms with van der Waals surface area (Å²) in [6, 6.07) is 12.2. The molecule has 0 aliphatic carbocycles. The number of hydrogen-bond acceptors (Lipinski definition) is 4. The fourth-order valence-electron chi connectivity index (χ4n) is 3.23. The van der Waals surface area contributed by atoms with E-state index in [0.717, 1.165) is 37.6 Å². The Morgan fingerprint density at radius 2 is 1.96 bits per heavy atom. The van der Waals surface area contributed by atoms with Gasteiger partial charge in [0.05, 0.1) is 0 Å². The minimum Gasteiger partial charge on any atom is -0.355 e. The van der Waals surface area contributed by atoms with Crippen molar-refractivity contribution in [1.29, 1.82) is 0 Å². The molecule has 5 nitrogen and oxygen atoms in total. The predicted octanol–water partition coefficient (Wildman–Crippen LogP) is 2.92. The number of aryl methyl sites for hydroxylation is 1. The maximum Gasteiger partial charge on any atom is 0.225 e. The molecule has 5 heteroatoms. The van der Waals surface area contributed by atoms with Crippen molar-refractivity contribution in [1.82, 2.24) is 15.3 Å². The summed E-state index contributed by atoms with van der Waals surface area (Å²) >= 11 is 0. The third kappa shape index (κ3) is 4.56. The second-order valence-corrected chi connectivity index (χ2v) is 6.82. The Balaban J connectivity index is 1.47. The summed E-state index contributed by atoms with van der Waals surface area (Å²) in [6.45, 7) is 6.46. The minimum absolute atomic E-state index is 0.0871. The lowest BCUT2D eigenvalue weighted by Crippen LogP contribution is -2.42. The van der Waals surface area contributed by atoms with Gasteiger partial charge >= 0.3 is 0 Å². The highest BCUT2D eigenvalue weighted by atomic mass is 16.1. The number of carbonyl (C=O) groups is 1. The normalized spacial score (nSPS) is 16.5. The van der Waals surface area contributed by atoms with Crippen LogP contribution in [-0.4, -0.2) is 35.5 Å². The van der Waals surface area contributed by atoms with Gasteiger partial charge < -0.3 is 10.2 Å². The van der Waals surface area contributed by atoms with Gasteiger partial charge in [-0.1, -0.05) is 37.3 Å². The van der Waals surface area contributed by atoms with Crippen LogP contribution in [0.5, 0.6) is 0 Å². The summed E-state index contributed by atoms with van der Waals surface area (Å²) in [5.41, 5.74) is 2.23. The van der Waals surface area contributed by atoms with E-state index in [1.54, 1.807) is 6.20 Å². The van der Waals surface area contributed by atoms with Gasteiger partial charge in [-0.3, -0.25) is 4.79 Å². The highest BCUT2D eigenvalue weighted by Crippen LogP contribution is 2.21.